The topological polar surface area (TPSA) is 48.9 Å². The van der Waals surface area contributed by atoms with Gasteiger partial charge in [-0.3, -0.25) is 0 Å². The van der Waals surface area contributed by atoms with Crippen LogP contribution < -0.4 is 15.4 Å². The molecule has 27 heavy (non-hydrogen) atoms. The molecule has 1 unspecified atom stereocenters. The predicted octanol–water partition coefficient (Wildman–Crippen LogP) is 3.32. The molecule has 5 nitrogen and oxygen atoms in total. The number of benzene rings is 1. The molecule has 3 rings (SSSR count). The summed E-state index contributed by atoms with van der Waals surface area (Å²) in [4.78, 5) is 7.47. The molecule has 5 heteroatoms. The molecule has 1 atom stereocenters. The highest BCUT2D eigenvalue weighted by atomic mass is 16.5. The van der Waals surface area contributed by atoms with Gasteiger partial charge in [0.1, 0.15) is 5.75 Å². The van der Waals surface area contributed by atoms with Crippen LogP contribution in [0.1, 0.15) is 51.2 Å². The zero-order valence-electron chi connectivity index (χ0n) is 17.4. The molecule has 1 aliphatic heterocycles. The lowest BCUT2D eigenvalue weighted by Crippen LogP contribution is -2.40. The highest BCUT2D eigenvalue weighted by Gasteiger charge is 2.34. The molecule has 2 N–H and O–H groups in total. The average molecular weight is 373 g/mol. The fourth-order valence-corrected chi connectivity index (χ4v) is 3.70. The first-order valence-electron chi connectivity index (χ1n) is 10.6. The first-order chi connectivity index (χ1) is 13.0. The van der Waals surface area contributed by atoms with Crippen LogP contribution >= 0.6 is 0 Å². The van der Waals surface area contributed by atoms with E-state index in [4.69, 9.17) is 9.73 Å². The number of aryl methyl sites for hydroxylation is 1. The summed E-state index contributed by atoms with van der Waals surface area (Å²) in [5.41, 5.74) is 2.34. The average Bonchev–Trinajstić information content (AvgIpc) is 3.37. The van der Waals surface area contributed by atoms with Crippen molar-refractivity contribution in [3.8, 4) is 5.75 Å². The van der Waals surface area contributed by atoms with Gasteiger partial charge in [0.2, 0.25) is 0 Å². The zero-order chi connectivity index (χ0) is 19.2. The molecule has 1 aromatic carbocycles. The molecule has 2 aliphatic rings. The Hall–Kier alpha value is -1.75. The molecular formula is C22H36N4O. The Morgan fingerprint density at radius 2 is 2.07 bits per heavy atom. The van der Waals surface area contributed by atoms with Crippen LogP contribution in [-0.2, 0) is 6.54 Å². The molecule has 1 saturated heterocycles. The van der Waals surface area contributed by atoms with Gasteiger partial charge in [-0.05, 0) is 71.0 Å². The van der Waals surface area contributed by atoms with Crippen LogP contribution in [0, 0.1) is 12.8 Å². The normalized spacial score (nSPS) is 20.9. The lowest BCUT2D eigenvalue weighted by Gasteiger charge is -2.17. The van der Waals surface area contributed by atoms with Gasteiger partial charge in [-0.1, -0.05) is 12.1 Å². The van der Waals surface area contributed by atoms with Gasteiger partial charge < -0.3 is 20.3 Å². The van der Waals surface area contributed by atoms with Crippen molar-refractivity contribution in [2.24, 2.45) is 10.9 Å². The number of ether oxygens (including phenoxy) is 1. The molecule has 1 aromatic rings. The third kappa shape index (κ3) is 6.13. The zero-order valence-corrected chi connectivity index (χ0v) is 17.4. The van der Waals surface area contributed by atoms with E-state index in [0.29, 0.717) is 6.54 Å². The summed E-state index contributed by atoms with van der Waals surface area (Å²) in [6.45, 7) is 13.3. The highest BCUT2D eigenvalue weighted by molar-refractivity contribution is 5.79. The number of likely N-dealkylation sites (tertiary alicyclic amines) is 1. The van der Waals surface area contributed by atoms with Crippen molar-refractivity contribution >= 4 is 5.96 Å². The number of aliphatic imine (C=N–C) groups is 1. The maximum atomic E-state index is 5.98. The Morgan fingerprint density at radius 3 is 2.78 bits per heavy atom. The van der Waals surface area contributed by atoms with Crippen molar-refractivity contribution in [3.63, 3.8) is 0 Å². The van der Waals surface area contributed by atoms with Crippen molar-refractivity contribution in [2.45, 2.75) is 65.6 Å². The second-order valence-corrected chi connectivity index (χ2v) is 8.23. The van der Waals surface area contributed by atoms with Gasteiger partial charge in [0.05, 0.1) is 12.6 Å². The maximum Gasteiger partial charge on any atom is 0.191 e. The van der Waals surface area contributed by atoms with E-state index >= 15 is 0 Å². The summed E-state index contributed by atoms with van der Waals surface area (Å²) in [7, 11) is 0. The van der Waals surface area contributed by atoms with Gasteiger partial charge in [-0.25, -0.2) is 4.99 Å². The number of hydrogen-bond acceptors (Lipinski definition) is 3. The smallest absolute Gasteiger partial charge is 0.191 e. The summed E-state index contributed by atoms with van der Waals surface area (Å²) >= 11 is 0. The predicted molar refractivity (Wildman–Crippen MR) is 112 cm³/mol. The minimum atomic E-state index is 0.165. The third-order valence-electron chi connectivity index (χ3n) is 5.28. The number of rotatable bonds is 8. The summed E-state index contributed by atoms with van der Waals surface area (Å²) in [6.07, 6.45) is 4.27. The largest absolute Gasteiger partial charge is 0.491 e. The molecule has 0 spiro atoms. The molecule has 1 heterocycles. The lowest BCUT2D eigenvalue weighted by molar-refractivity contribution is 0.240. The summed E-state index contributed by atoms with van der Waals surface area (Å²) in [5.74, 6) is 2.58. The standard InChI is InChI=1S/C22H36N4O/c1-5-23-22(24-13-18-10-11-26(15-18)20-8-9-20)25-14-19-7-6-17(4)12-21(19)27-16(2)3/h6-7,12,16,18,20H,5,8-11,13-15H2,1-4H3,(H2,23,24,25). The monoisotopic (exact) mass is 372 g/mol. The summed E-state index contributed by atoms with van der Waals surface area (Å²) < 4.78 is 5.98. The molecular weight excluding hydrogens is 336 g/mol. The van der Waals surface area contributed by atoms with Crippen LogP contribution in [-0.4, -0.2) is 49.2 Å². The van der Waals surface area contributed by atoms with Crippen molar-refractivity contribution in [3.05, 3.63) is 29.3 Å². The molecule has 0 amide bonds. The highest BCUT2D eigenvalue weighted by Crippen LogP contribution is 2.31. The van der Waals surface area contributed by atoms with Gasteiger partial charge in [0, 0.05) is 31.2 Å². The van der Waals surface area contributed by atoms with E-state index in [-0.39, 0.29) is 6.10 Å². The third-order valence-corrected chi connectivity index (χ3v) is 5.28. The number of guanidine groups is 1. The van der Waals surface area contributed by atoms with E-state index in [9.17, 15) is 0 Å². The molecule has 150 valence electrons. The van der Waals surface area contributed by atoms with Crippen LogP contribution in [0.3, 0.4) is 0 Å². The summed E-state index contributed by atoms with van der Waals surface area (Å²) in [6, 6.07) is 7.25. The van der Waals surface area contributed by atoms with E-state index in [2.05, 4.69) is 61.4 Å². The Bertz CT molecular complexity index is 639. The van der Waals surface area contributed by atoms with Crippen LogP contribution in [0.25, 0.3) is 0 Å². The van der Waals surface area contributed by atoms with Gasteiger partial charge in [-0.15, -0.1) is 0 Å². The fraction of sp³-hybridized carbons (Fsp3) is 0.682. The van der Waals surface area contributed by atoms with E-state index in [1.165, 1.54) is 37.9 Å². The van der Waals surface area contributed by atoms with Crippen molar-refractivity contribution in [2.75, 3.05) is 26.2 Å². The first-order valence-corrected chi connectivity index (χ1v) is 10.6. The van der Waals surface area contributed by atoms with Gasteiger partial charge in [0.15, 0.2) is 5.96 Å². The van der Waals surface area contributed by atoms with Crippen molar-refractivity contribution in [1.29, 1.82) is 0 Å². The van der Waals surface area contributed by atoms with Crippen molar-refractivity contribution in [1.82, 2.24) is 15.5 Å². The van der Waals surface area contributed by atoms with Gasteiger partial charge in [0.25, 0.3) is 0 Å². The van der Waals surface area contributed by atoms with E-state index in [1.807, 2.05) is 0 Å². The number of hydrogen-bond donors (Lipinski definition) is 2. The number of nitrogens with zero attached hydrogens (tertiary/aromatic N) is 2. The molecule has 2 fully saturated rings. The van der Waals surface area contributed by atoms with Crippen LogP contribution in [0.5, 0.6) is 5.75 Å². The quantitative estimate of drug-likeness (QED) is 0.543. The van der Waals surface area contributed by atoms with E-state index in [1.54, 1.807) is 0 Å². The van der Waals surface area contributed by atoms with Gasteiger partial charge in [-0.2, -0.15) is 0 Å². The second-order valence-electron chi connectivity index (χ2n) is 8.23. The van der Waals surface area contributed by atoms with Crippen LogP contribution in [0.4, 0.5) is 0 Å². The second kappa shape index (κ2) is 9.45. The van der Waals surface area contributed by atoms with E-state index in [0.717, 1.165) is 42.3 Å². The van der Waals surface area contributed by atoms with E-state index < -0.39 is 0 Å². The Morgan fingerprint density at radius 1 is 1.26 bits per heavy atom. The Balaban J connectivity index is 1.57. The van der Waals surface area contributed by atoms with Crippen LogP contribution in [0.2, 0.25) is 0 Å². The molecule has 0 aromatic heterocycles. The first kappa shape index (κ1) is 20.0. The molecule has 0 radical (unpaired) electrons. The maximum absolute atomic E-state index is 5.98. The molecule has 1 aliphatic carbocycles. The Labute approximate surface area is 164 Å². The van der Waals surface area contributed by atoms with Crippen LogP contribution in [0.15, 0.2) is 23.2 Å². The van der Waals surface area contributed by atoms with Gasteiger partial charge >= 0.3 is 0 Å². The fourth-order valence-electron chi connectivity index (χ4n) is 3.70. The minimum Gasteiger partial charge on any atom is -0.491 e. The molecule has 0 bridgehead atoms. The molecule has 1 saturated carbocycles. The SMILES string of the molecule is CCNC(=NCc1ccc(C)cc1OC(C)C)NCC1CCN(C2CC2)C1. The number of nitrogens with one attached hydrogen (secondary N) is 2. The minimum absolute atomic E-state index is 0.165. The lowest BCUT2D eigenvalue weighted by atomic mass is 10.1. The Kier molecular flexibility index (Phi) is 7.00. The van der Waals surface area contributed by atoms with Crippen molar-refractivity contribution < 1.29 is 4.74 Å². The summed E-state index contributed by atoms with van der Waals surface area (Å²) in [5, 5.41) is 6.93.